The molecule has 0 aliphatic heterocycles. The maximum atomic E-state index is 6.00. The van der Waals surface area contributed by atoms with Gasteiger partial charge in [-0.25, -0.2) is 0 Å². The normalized spacial score (nSPS) is 12.2. The minimum absolute atomic E-state index is 0.141. The van der Waals surface area contributed by atoms with Crippen LogP contribution in [0.15, 0.2) is 51.4 Å². The van der Waals surface area contributed by atoms with Crippen molar-refractivity contribution in [3.05, 3.63) is 62.5 Å². The molecular weight excluding hydrogens is 370 g/mol. The number of aryl methyl sites for hydroxylation is 1. The molecule has 2 aromatic rings. The summed E-state index contributed by atoms with van der Waals surface area (Å²) in [6.45, 7) is 2.50. The molecule has 2 rings (SSSR count). The van der Waals surface area contributed by atoms with Crippen LogP contribution in [0.1, 0.15) is 17.2 Å². The Morgan fingerprint density at radius 1 is 1.16 bits per heavy atom. The number of halogens is 2. The van der Waals surface area contributed by atoms with E-state index in [0.717, 1.165) is 20.3 Å². The van der Waals surface area contributed by atoms with Crippen LogP contribution in [0.2, 0.25) is 0 Å². The lowest BCUT2D eigenvalue weighted by Crippen LogP contribution is -2.18. The van der Waals surface area contributed by atoms with E-state index in [1.807, 2.05) is 30.3 Å². The van der Waals surface area contributed by atoms with Crippen molar-refractivity contribution in [3.8, 4) is 5.75 Å². The molecule has 0 aromatic heterocycles. The second kappa shape index (κ2) is 6.55. The Labute approximate surface area is 130 Å². The highest BCUT2D eigenvalue weighted by Crippen LogP contribution is 2.31. The molecule has 0 bridgehead atoms. The molecule has 4 heteroatoms. The summed E-state index contributed by atoms with van der Waals surface area (Å²) in [5.41, 5.74) is 8.13. The molecule has 0 spiro atoms. The van der Waals surface area contributed by atoms with Gasteiger partial charge in [-0.1, -0.05) is 45.8 Å². The van der Waals surface area contributed by atoms with Gasteiger partial charge in [-0.3, -0.25) is 0 Å². The molecule has 2 nitrogen and oxygen atoms in total. The van der Waals surface area contributed by atoms with Crippen molar-refractivity contribution in [2.24, 2.45) is 5.73 Å². The van der Waals surface area contributed by atoms with Gasteiger partial charge in [-0.15, -0.1) is 0 Å². The van der Waals surface area contributed by atoms with Gasteiger partial charge >= 0.3 is 0 Å². The van der Waals surface area contributed by atoms with E-state index in [-0.39, 0.29) is 6.10 Å². The minimum Gasteiger partial charge on any atom is -0.483 e. The van der Waals surface area contributed by atoms with Crippen LogP contribution in [-0.4, -0.2) is 6.54 Å². The quantitative estimate of drug-likeness (QED) is 0.835. The Morgan fingerprint density at radius 2 is 1.95 bits per heavy atom. The first kappa shape index (κ1) is 14.6. The molecule has 0 amide bonds. The van der Waals surface area contributed by atoms with E-state index in [9.17, 15) is 0 Å². The van der Waals surface area contributed by atoms with Crippen molar-refractivity contribution in [2.45, 2.75) is 13.0 Å². The summed E-state index contributed by atoms with van der Waals surface area (Å²) in [5, 5.41) is 0. The van der Waals surface area contributed by atoms with Gasteiger partial charge in [0.15, 0.2) is 0 Å². The summed E-state index contributed by atoms with van der Waals surface area (Å²) in [5.74, 6) is 0.792. The average molecular weight is 385 g/mol. The van der Waals surface area contributed by atoms with Gasteiger partial charge in [0.1, 0.15) is 11.9 Å². The Kier molecular flexibility index (Phi) is 5.02. The third kappa shape index (κ3) is 3.81. The van der Waals surface area contributed by atoms with Crippen molar-refractivity contribution in [3.63, 3.8) is 0 Å². The van der Waals surface area contributed by atoms with Crippen molar-refractivity contribution in [2.75, 3.05) is 6.54 Å². The molecule has 0 radical (unpaired) electrons. The van der Waals surface area contributed by atoms with Crippen LogP contribution in [0.5, 0.6) is 5.75 Å². The van der Waals surface area contributed by atoms with Crippen LogP contribution in [0.25, 0.3) is 0 Å². The fraction of sp³-hybridized carbons (Fsp3) is 0.200. The van der Waals surface area contributed by atoms with Gasteiger partial charge in [0, 0.05) is 11.0 Å². The van der Waals surface area contributed by atoms with E-state index < -0.39 is 0 Å². The van der Waals surface area contributed by atoms with Gasteiger partial charge in [-0.05, 0) is 46.6 Å². The van der Waals surface area contributed by atoms with Gasteiger partial charge in [-0.2, -0.15) is 0 Å². The minimum atomic E-state index is -0.141. The number of benzene rings is 2. The summed E-state index contributed by atoms with van der Waals surface area (Å²) in [7, 11) is 0. The van der Waals surface area contributed by atoms with Crippen molar-refractivity contribution in [1.29, 1.82) is 0 Å². The first-order valence-corrected chi connectivity index (χ1v) is 7.57. The first-order valence-electron chi connectivity index (χ1n) is 5.98. The molecule has 0 aliphatic rings. The molecule has 0 saturated carbocycles. The number of hydrogen-bond donors (Lipinski definition) is 1. The highest BCUT2D eigenvalue weighted by Gasteiger charge is 2.13. The summed E-state index contributed by atoms with van der Waals surface area (Å²) >= 11 is 6.92. The Morgan fingerprint density at radius 3 is 2.58 bits per heavy atom. The fourth-order valence-corrected chi connectivity index (χ4v) is 2.99. The fourth-order valence-electron chi connectivity index (χ4n) is 1.85. The van der Waals surface area contributed by atoms with Crippen LogP contribution < -0.4 is 10.5 Å². The van der Waals surface area contributed by atoms with Crippen LogP contribution >= 0.6 is 31.9 Å². The number of nitrogens with two attached hydrogens (primary N) is 1. The Hall–Kier alpha value is -0.840. The van der Waals surface area contributed by atoms with Gasteiger partial charge < -0.3 is 10.5 Å². The molecule has 0 saturated heterocycles. The molecule has 19 heavy (non-hydrogen) atoms. The third-order valence-corrected chi connectivity index (χ3v) is 3.90. The van der Waals surface area contributed by atoms with E-state index in [0.29, 0.717) is 6.54 Å². The number of rotatable bonds is 4. The standard InChI is InChI=1S/C15H15Br2NO/c1-10-3-2-4-11(7-10)15(9-18)19-14-6-5-12(16)8-13(14)17/h2-8,15H,9,18H2,1H3. The molecule has 0 fully saturated rings. The van der Waals surface area contributed by atoms with E-state index in [2.05, 4.69) is 50.9 Å². The zero-order valence-electron chi connectivity index (χ0n) is 10.6. The van der Waals surface area contributed by atoms with Gasteiger partial charge in [0.2, 0.25) is 0 Å². The molecule has 100 valence electrons. The van der Waals surface area contributed by atoms with Crippen LogP contribution in [-0.2, 0) is 0 Å². The van der Waals surface area contributed by atoms with E-state index >= 15 is 0 Å². The van der Waals surface area contributed by atoms with Crippen molar-refractivity contribution < 1.29 is 4.74 Å². The topological polar surface area (TPSA) is 35.2 Å². The molecular formula is C15H15Br2NO. The number of hydrogen-bond acceptors (Lipinski definition) is 2. The second-order valence-electron chi connectivity index (χ2n) is 4.33. The van der Waals surface area contributed by atoms with Gasteiger partial charge in [0.05, 0.1) is 4.47 Å². The molecule has 2 aromatic carbocycles. The third-order valence-electron chi connectivity index (χ3n) is 2.79. The maximum absolute atomic E-state index is 6.00. The molecule has 2 N–H and O–H groups in total. The largest absolute Gasteiger partial charge is 0.483 e. The average Bonchev–Trinajstić information content (AvgIpc) is 2.38. The van der Waals surface area contributed by atoms with Crippen molar-refractivity contribution >= 4 is 31.9 Å². The van der Waals surface area contributed by atoms with Crippen LogP contribution in [0.3, 0.4) is 0 Å². The lowest BCUT2D eigenvalue weighted by atomic mass is 10.1. The van der Waals surface area contributed by atoms with E-state index in [4.69, 9.17) is 10.5 Å². The summed E-state index contributed by atoms with van der Waals surface area (Å²) in [4.78, 5) is 0. The zero-order valence-corrected chi connectivity index (χ0v) is 13.7. The lowest BCUT2D eigenvalue weighted by molar-refractivity contribution is 0.212. The smallest absolute Gasteiger partial charge is 0.136 e. The predicted molar refractivity (Wildman–Crippen MR) is 85.4 cm³/mol. The SMILES string of the molecule is Cc1cccc(C(CN)Oc2ccc(Br)cc2Br)c1. The summed E-state index contributed by atoms with van der Waals surface area (Å²) in [6.07, 6.45) is -0.141. The molecule has 1 atom stereocenters. The molecule has 0 heterocycles. The van der Waals surface area contributed by atoms with Gasteiger partial charge in [0.25, 0.3) is 0 Å². The predicted octanol–water partition coefficient (Wildman–Crippen LogP) is 4.60. The van der Waals surface area contributed by atoms with Crippen LogP contribution in [0.4, 0.5) is 0 Å². The van der Waals surface area contributed by atoms with Crippen LogP contribution in [0, 0.1) is 6.92 Å². The second-order valence-corrected chi connectivity index (χ2v) is 6.10. The van der Waals surface area contributed by atoms with E-state index in [1.54, 1.807) is 0 Å². The maximum Gasteiger partial charge on any atom is 0.136 e. The monoisotopic (exact) mass is 383 g/mol. The first-order chi connectivity index (χ1) is 9.10. The summed E-state index contributed by atoms with van der Waals surface area (Å²) < 4.78 is 7.91. The number of ether oxygens (including phenoxy) is 1. The lowest BCUT2D eigenvalue weighted by Gasteiger charge is -2.19. The molecule has 1 unspecified atom stereocenters. The highest BCUT2D eigenvalue weighted by molar-refractivity contribution is 9.11. The molecule has 0 aliphatic carbocycles. The summed E-state index contributed by atoms with van der Waals surface area (Å²) in [6, 6.07) is 14.1. The Bertz CT molecular complexity index is 572. The Balaban J connectivity index is 2.24. The zero-order chi connectivity index (χ0) is 13.8. The van der Waals surface area contributed by atoms with Crippen molar-refractivity contribution in [1.82, 2.24) is 0 Å². The highest BCUT2D eigenvalue weighted by atomic mass is 79.9. The van der Waals surface area contributed by atoms with E-state index in [1.165, 1.54) is 5.56 Å².